The van der Waals surface area contributed by atoms with Crippen molar-refractivity contribution in [3.05, 3.63) is 43.0 Å². The Labute approximate surface area is 159 Å². The molecular weight excluding hydrogens is 366 g/mol. The molecule has 0 unspecified atom stereocenters. The van der Waals surface area contributed by atoms with Gasteiger partial charge in [-0.15, -0.1) is 10.2 Å². The van der Waals surface area contributed by atoms with Gasteiger partial charge in [0.15, 0.2) is 0 Å². The molecule has 3 aromatic heterocycles. The van der Waals surface area contributed by atoms with Crippen molar-refractivity contribution in [2.45, 2.75) is 5.22 Å². The van der Waals surface area contributed by atoms with E-state index in [1.165, 1.54) is 11.8 Å². The maximum Gasteiger partial charge on any atom is 0.277 e. The fraction of sp³-hybridized carbons (Fsp3) is 0.294. The van der Waals surface area contributed by atoms with Gasteiger partial charge in [0.1, 0.15) is 0 Å². The summed E-state index contributed by atoms with van der Waals surface area (Å²) in [6, 6.07) is 5.43. The summed E-state index contributed by atoms with van der Waals surface area (Å²) in [4.78, 5) is 28.9. The lowest BCUT2D eigenvalue weighted by Crippen LogP contribution is -2.49. The molecule has 0 N–H and O–H groups in total. The quantitative estimate of drug-likeness (QED) is 0.604. The Morgan fingerprint density at radius 1 is 1.07 bits per heavy atom. The van der Waals surface area contributed by atoms with Gasteiger partial charge in [0.25, 0.3) is 5.22 Å². The number of thioether (sulfide) groups is 1. The van der Waals surface area contributed by atoms with E-state index in [-0.39, 0.29) is 11.7 Å². The summed E-state index contributed by atoms with van der Waals surface area (Å²) < 4.78 is 5.59. The number of aromatic nitrogens is 5. The summed E-state index contributed by atoms with van der Waals surface area (Å²) in [5.74, 6) is 1.41. The van der Waals surface area contributed by atoms with E-state index in [4.69, 9.17) is 4.42 Å². The molecule has 0 bridgehead atoms. The minimum Gasteiger partial charge on any atom is -0.411 e. The minimum absolute atomic E-state index is 0.0507. The van der Waals surface area contributed by atoms with Crippen molar-refractivity contribution in [2.75, 3.05) is 36.8 Å². The van der Waals surface area contributed by atoms with Crippen molar-refractivity contribution >= 4 is 23.6 Å². The largest absolute Gasteiger partial charge is 0.411 e. The minimum atomic E-state index is 0.0507. The molecule has 1 amide bonds. The molecule has 0 saturated carbocycles. The SMILES string of the molecule is O=C(CSc1nnc(-c2cccnc2)o1)N1CCN(c2ncccn2)CC1. The van der Waals surface area contributed by atoms with Crippen LogP contribution in [0.15, 0.2) is 52.6 Å². The van der Waals surface area contributed by atoms with Crippen LogP contribution in [0.4, 0.5) is 5.95 Å². The van der Waals surface area contributed by atoms with Crippen LogP contribution in [-0.4, -0.2) is 67.9 Å². The molecule has 0 spiro atoms. The molecular formula is C17H17N7O2S. The molecule has 138 valence electrons. The average molecular weight is 383 g/mol. The fourth-order valence-electron chi connectivity index (χ4n) is 2.70. The highest BCUT2D eigenvalue weighted by atomic mass is 32.2. The number of hydrogen-bond donors (Lipinski definition) is 0. The van der Waals surface area contributed by atoms with Crippen LogP contribution in [0.2, 0.25) is 0 Å². The van der Waals surface area contributed by atoms with Crippen molar-refractivity contribution in [2.24, 2.45) is 0 Å². The van der Waals surface area contributed by atoms with E-state index in [1.807, 2.05) is 11.0 Å². The lowest BCUT2D eigenvalue weighted by atomic mass is 10.3. The maximum atomic E-state index is 12.4. The van der Waals surface area contributed by atoms with Gasteiger partial charge in [-0.1, -0.05) is 11.8 Å². The van der Waals surface area contributed by atoms with E-state index in [1.54, 1.807) is 36.9 Å². The molecule has 10 heteroatoms. The Kier molecular flexibility index (Phi) is 5.24. The predicted octanol–water partition coefficient (Wildman–Crippen LogP) is 1.36. The summed E-state index contributed by atoms with van der Waals surface area (Å²) >= 11 is 1.24. The lowest BCUT2D eigenvalue weighted by molar-refractivity contribution is -0.128. The monoisotopic (exact) mass is 383 g/mol. The van der Waals surface area contributed by atoms with E-state index in [2.05, 4.69) is 30.0 Å². The Morgan fingerprint density at radius 2 is 1.89 bits per heavy atom. The highest BCUT2D eigenvalue weighted by Crippen LogP contribution is 2.23. The van der Waals surface area contributed by atoms with Crippen LogP contribution in [-0.2, 0) is 4.79 Å². The summed E-state index contributed by atoms with van der Waals surface area (Å²) in [6.45, 7) is 2.71. The first-order valence-electron chi connectivity index (χ1n) is 8.46. The first-order chi connectivity index (χ1) is 13.3. The van der Waals surface area contributed by atoms with E-state index in [9.17, 15) is 4.79 Å². The van der Waals surface area contributed by atoms with Crippen LogP contribution in [0.1, 0.15) is 0 Å². The van der Waals surface area contributed by atoms with Gasteiger partial charge in [-0.05, 0) is 18.2 Å². The number of amides is 1. The van der Waals surface area contributed by atoms with Crippen molar-refractivity contribution in [1.29, 1.82) is 0 Å². The van der Waals surface area contributed by atoms with Crippen LogP contribution < -0.4 is 4.90 Å². The van der Waals surface area contributed by atoms with Gasteiger partial charge in [0.05, 0.1) is 11.3 Å². The number of pyridine rings is 1. The Balaban J connectivity index is 1.27. The second-order valence-corrected chi connectivity index (χ2v) is 6.75. The van der Waals surface area contributed by atoms with Gasteiger partial charge in [0.2, 0.25) is 17.7 Å². The summed E-state index contributed by atoms with van der Waals surface area (Å²) in [7, 11) is 0. The van der Waals surface area contributed by atoms with Crippen molar-refractivity contribution in [3.63, 3.8) is 0 Å². The second-order valence-electron chi connectivity index (χ2n) is 5.82. The molecule has 1 fully saturated rings. The van der Waals surface area contributed by atoms with Crippen molar-refractivity contribution < 1.29 is 9.21 Å². The predicted molar refractivity (Wildman–Crippen MR) is 99.1 cm³/mol. The third kappa shape index (κ3) is 4.22. The standard InChI is InChI=1S/C17H17N7O2S/c25-14(23-7-9-24(10-8-23)16-19-5-2-6-20-16)12-27-17-22-21-15(26-17)13-3-1-4-18-11-13/h1-6,11H,7-10,12H2. The van der Waals surface area contributed by atoms with Crippen LogP contribution in [0.3, 0.4) is 0 Å². The van der Waals surface area contributed by atoms with Gasteiger partial charge in [-0.25, -0.2) is 9.97 Å². The van der Waals surface area contributed by atoms with Gasteiger partial charge < -0.3 is 14.2 Å². The second kappa shape index (κ2) is 8.12. The maximum absolute atomic E-state index is 12.4. The van der Waals surface area contributed by atoms with E-state index >= 15 is 0 Å². The molecule has 0 aliphatic carbocycles. The third-order valence-corrected chi connectivity index (χ3v) is 4.90. The number of anilines is 1. The van der Waals surface area contributed by atoms with Crippen LogP contribution in [0.5, 0.6) is 0 Å². The van der Waals surface area contributed by atoms with Gasteiger partial charge in [0, 0.05) is 51.0 Å². The first-order valence-corrected chi connectivity index (χ1v) is 9.44. The molecule has 27 heavy (non-hydrogen) atoms. The topological polar surface area (TPSA) is 101 Å². The molecule has 4 heterocycles. The molecule has 0 atom stereocenters. The number of carbonyl (C=O) groups excluding carboxylic acids is 1. The Hall–Kier alpha value is -3.01. The average Bonchev–Trinajstić information content (AvgIpc) is 3.22. The molecule has 4 rings (SSSR count). The number of hydrogen-bond acceptors (Lipinski definition) is 9. The van der Waals surface area contributed by atoms with Gasteiger partial charge >= 0.3 is 0 Å². The zero-order valence-electron chi connectivity index (χ0n) is 14.4. The van der Waals surface area contributed by atoms with Crippen LogP contribution in [0.25, 0.3) is 11.5 Å². The normalized spacial score (nSPS) is 14.4. The Bertz CT molecular complexity index is 883. The van der Waals surface area contributed by atoms with E-state index in [0.29, 0.717) is 43.2 Å². The van der Waals surface area contributed by atoms with Crippen molar-refractivity contribution in [3.8, 4) is 11.5 Å². The van der Waals surface area contributed by atoms with Gasteiger partial charge in [-0.2, -0.15) is 0 Å². The molecule has 3 aromatic rings. The highest BCUT2D eigenvalue weighted by Gasteiger charge is 2.23. The zero-order chi connectivity index (χ0) is 18.5. The van der Waals surface area contributed by atoms with E-state index in [0.717, 1.165) is 5.56 Å². The molecule has 9 nitrogen and oxygen atoms in total. The summed E-state index contributed by atoms with van der Waals surface area (Å²) in [6.07, 6.45) is 6.78. The molecule has 1 aliphatic heterocycles. The molecule has 0 radical (unpaired) electrons. The highest BCUT2D eigenvalue weighted by molar-refractivity contribution is 7.99. The zero-order valence-corrected chi connectivity index (χ0v) is 15.2. The Morgan fingerprint density at radius 3 is 2.63 bits per heavy atom. The van der Waals surface area contributed by atoms with E-state index < -0.39 is 0 Å². The number of nitrogens with zero attached hydrogens (tertiary/aromatic N) is 7. The lowest BCUT2D eigenvalue weighted by Gasteiger charge is -2.34. The third-order valence-electron chi connectivity index (χ3n) is 4.10. The smallest absolute Gasteiger partial charge is 0.277 e. The summed E-state index contributed by atoms with van der Waals surface area (Å²) in [5, 5.41) is 8.36. The van der Waals surface area contributed by atoms with Crippen molar-refractivity contribution in [1.82, 2.24) is 30.0 Å². The van der Waals surface area contributed by atoms with Gasteiger partial charge in [-0.3, -0.25) is 9.78 Å². The molecule has 1 aliphatic rings. The first kappa shape index (κ1) is 17.4. The number of piperazine rings is 1. The number of rotatable bonds is 5. The fourth-order valence-corrected chi connectivity index (χ4v) is 3.37. The molecule has 0 aromatic carbocycles. The van der Waals surface area contributed by atoms with Crippen LogP contribution in [0, 0.1) is 0 Å². The summed E-state index contributed by atoms with van der Waals surface area (Å²) in [5.41, 5.74) is 0.752. The number of carbonyl (C=O) groups is 1. The van der Waals surface area contributed by atoms with Crippen LogP contribution >= 0.6 is 11.8 Å². The molecule has 1 saturated heterocycles.